The number of alkyl halides is 3. The number of benzene rings is 2. The van der Waals surface area contributed by atoms with Gasteiger partial charge < -0.3 is 14.8 Å². The zero-order chi connectivity index (χ0) is 26.1. The number of ether oxygens (including phenoxy) is 2. The third-order valence-corrected chi connectivity index (χ3v) is 8.66. The Balaban J connectivity index is 1.40. The van der Waals surface area contributed by atoms with E-state index in [9.17, 15) is 13.2 Å². The number of hydrogen-bond acceptors (Lipinski definition) is 5. The van der Waals surface area contributed by atoms with Gasteiger partial charge in [0, 0.05) is 29.3 Å². The summed E-state index contributed by atoms with van der Waals surface area (Å²) in [7, 11) is 1.61. The number of hydrogen-bond donors (Lipinski definition) is 1. The predicted octanol–water partition coefficient (Wildman–Crippen LogP) is 6.82. The number of nitrogens with one attached hydrogen (secondary N) is 1. The van der Waals surface area contributed by atoms with Gasteiger partial charge in [0.1, 0.15) is 5.82 Å². The molecule has 2 atom stereocenters. The maximum Gasteiger partial charge on any atom is 0.416 e. The van der Waals surface area contributed by atoms with Gasteiger partial charge in [-0.25, -0.2) is 4.98 Å². The van der Waals surface area contributed by atoms with Gasteiger partial charge in [0.15, 0.2) is 11.5 Å². The minimum atomic E-state index is -4.42. The molecule has 37 heavy (non-hydrogen) atoms. The molecule has 3 aliphatic rings. The number of imidazole rings is 1. The highest BCUT2D eigenvalue weighted by Gasteiger charge is 2.63. The van der Waals surface area contributed by atoms with E-state index < -0.39 is 17.8 Å². The van der Waals surface area contributed by atoms with E-state index in [-0.39, 0.29) is 11.0 Å². The lowest BCUT2D eigenvalue weighted by molar-refractivity contribution is -0.198. The molecule has 9 heteroatoms. The van der Waals surface area contributed by atoms with Gasteiger partial charge in [-0.3, -0.25) is 4.40 Å². The van der Waals surface area contributed by atoms with E-state index in [4.69, 9.17) is 14.5 Å². The SMILES string of the molecule is COc1cc2c(cc1OCC13CC(C1)[C@@H]3C)c(NC(C)c1cccc(C(F)(F)F)c1C)nc1nccn12. The summed E-state index contributed by atoms with van der Waals surface area (Å²) < 4.78 is 54.4. The molecule has 0 amide bonds. The van der Waals surface area contributed by atoms with Gasteiger partial charge in [-0.1, -0.05) is 19.1 Å². The average molecular weight is 511 g/mol. The molecule has 1 unspecified atom stereocenters. The second-order valence-corrected chi connectivity index (χ2v) is 10.6. The Bertz CT molecular complexity index is 1510. The second-order valence-electron chi connectivity index (χ2n) is 10.6. The van der Waals surface area contributed by atoms with Crippen LogP contribution >= 0.6 is 0 Å². The van der Waals surface area contributed by atoms with Crippen LogP contribution in [0.5, 0.6) is 11.5 Å². The van der Waals surface area contributed by atoms with Crippen molar-refractivity contribution < 1.29 is 22.6 Å². The van der Waals surface area contributed by atoms with Gasteiger partial charge in [0.25, 0.3) is 0 Å². The highest BCUT2D eigenvalue weighted by molar-refractivity contribution is 5.94. The number of aromatic nitrogens is 3. The Morgan fingerprint density at radius 3 is 2.65 bits per heavy atom. The number of rotatable bonds is 7. The lowest BCUT2D eigenvalue weighted by Gasteiger charge is -2.67. The van der Waals surface area contributed by atoms with E-state index in [1.165, 1.54) is 25.8 Å². The molecule has 2 heterocycles. The molecule has 4 aromatic rings. The summed E-state index contributed by atoms with van der Waals surface area (Å²) in [4.78, 5) is 9.05. The van der Waals surface area contributed by atoms with Gasteiger partial charge in [-0.05, 0) is 61.8 Å². The maximum absolute atomic E-state index is 13.5. The van der Waals surface area contributed by atoms with Crippen LogP contribution in [0.3, 0.4) is 0 Å². The molecular formula is C28H29F3N4O2. The number of methoxy groups -OCH3 is 1. The molecule has 3 aliphatic carbocycles. The Labute approximate surface area is 212 Å². The summed E-state index contributed by atoms with van der Waals surface area (Å²) in [5, 5.41) is 4.12. The smallest absolute Gasteiger partial charge is 0.416 e. The first-order chi connectivity index (χ1) is 17.6. The molecule has 194 valence electrons. The van der Waals surface area contributed by atoms with Gasteiger partial charge in [0.2, 0.25) is 5.78 Å². The molecule has 2 aromatic carbocycles. The Morgan fingerprint density at radius 2 is 2.00 bits per heavy atom. The van der Waals surface area contributed by atoms with Crippen LogP contribution in [0, 0.1) is 24.2 Å². The molecule has 3 saturated carbocycles. The van der Waals surface area contributed by atoms with Gasteiger partial charge >= 0.3 is 6.18 Å². The molecule has 3 fully saturated rings. The lowest BCUT2D eigenvalue weighted by atomic mass is 9.38. The van der Waals surface area contributed by atoms with Crippen LogP contribution in [-0.2, 0) is 6.18 Å². The summed E-state index contributed by atoms with van der Waals surface area (Å²) in [6.45, 7) is 6.26. The highest BCUT2D eigenvalue weighted by Crippen LogP contribution is 2.68. The van der Waals surface area contributed by atoms with Crippen LogP contribution < -0.4 is 14.8 Å². The molecule has 0 radical (unpaired) electrons. The summed E-state index contributed by atoms with van der Waals surface area (Å²) in [5.41, 5.74) is 1.17. The van der Waals surface area contributed by atoms with E-state index in [1.807, 2.05) is 29.7 Å². The minimum absolute atomic E-state index is 0.194. The minimum Gasteiger partial charge on any atom is -0.493 e. The third-order valence-electron chi connectivity index (χ3n) is 8.66. The van der Waals surface area contributed by atoms with Crippen molar-refractivity contribution in [3.63, 3.8) is 0 Å². The molecular weight excluding hydrogens is 481 g/mol. The molecule has 1 N–H and O–H groups in total. The lowest BCUT2D eigenvalue weighted by Crippen LogP contribution is -2.62. The molecule has 0 saturated heterocycles. The molecule has 7 rings (SSSR count). The maximum atomic E-state index is 13.5. The molecule has 0 spiro atoms. The van der Waals surface area contributed by atoms with Crippen LogP contribution in [0.2, 0.25) is 0 Å². The molecule has 6 nitrogen and oxygen atoms in total. The molecule has 2 bridgehead atoms. The normalized spacial score (nSPS) is 23.4. The topological polar surface area (TPSA) is 60.7 Å². The standard InChI is InChI=1S/C28H29F3N4O2/c1-15-19(6-5-7-21(15)28(29,30)31)17(3)33-25-20-10-24(37-14-27-12-18(13-27)16(27)2)23(36-4)11-22(20)35-9-8-32-26(35)34-25/h5-11,16-18H,12-14H2,1-4H3,(H,32,33,34)/t16-,17?,18?,27?/m0/s1. The second kappa shape index (κ2) is 8.26. The van der Waals surface area contributed by atoms with Gasteiger partial charge in [-0.15, -0.1) is 0 Å². The monoisotopic (exact) mass is 510 g/mol. The van der Waals surface area contributed by atoms with E-state index in [0.717, 1.165) is 22.9 Å². The van der Waals surface area contributed by atoms with Crippen molar-refractivity contribution in [3.05, 3.63) is 59.4 Å². The van der Waals surface area contributed by atoms with Crippen molar-refractivity contribution in [1.82, 2.24) is 14.4 Å². The fourth-order valence-corrected chi connectivity index (χ4v) is 6.12. The van der Waals surface area contributed by atoms with Crippen LogP contribution in [0.25, 0.3) is 16.7 Å². The van der Waals surface area contributed by atoms with Gasteiger partial charge in [-0.2, -0.15) is 18.2 Å². The van der Waals surface area contributed by atoms with Crippen LogP contribution in [0.15, 0.2) is 42.7 Å². The summed E-state index contributed by atoms with van der Waals surface area (Å²) in [6.07, 6.45) is 1.48. The van der Waals surface area contributed by atoms with Crippen molar-refractivity contribution in [2.45, 2.75) is 45.8 Å². The first-order valence-electron chi connectivity index (χ1n) is 12.5. The summed E-state index contributed by atoms with van der Waals surface area (Å²) in [5.74, 6) is 3.74. The first kappa shape index (κ1) is 23.9. The van der Waals surface area contributed by atoms with Crippen molar-refractivity contribution in [2.24, 2.45) is 17.3 Å². The number of halogens is 3. The van der Waals surface area contributed by atoms with Crippen LogP contribution in [0.4, 0.5) is 19.0 Å². The third kappa shape index (κ3) is 3.69. The predicted molar refractivity (Wildman–Crippen MR) is 135 cm³/mol. The quantitative estimate of drug-likeness (QED) is 0.296. The highest BCUT2D eigenvalue weighted by atomic mass is 19.4. The summed E-state index contributed by atoms with van der Waals surface area (Å²) in [6, 6.07) is 7.63. The van der Waals surface area contributed by atoms with E-state index >= 15 is 0 Å². The molecule has 0 aliphatic heterocycles. The van der Waals surface area contributed by atoms with E-state index in [0.29, 0.717) is 41.2 Å². The van der Waals surface area contributed by atoms with Gasteiger partial charge in [0.05, 0.1) is 30.8 Å². The summed E-state index contributed by atoms with van der Waals surface area (Å²) >= 11 is 0. The van der Waals surface area contributed by atoms with Crippen molar-refractivity contribution in [2.75, 3.05) is 19.0 Å². The van der Waals surface area contributed by atoms with Crippen molar-refractivity contribution >= 4 is 22.5 Å². The molecule has 2 aromatic heterocycles. The average Bonchev–Trinajstić information content (AvgIpc) is 3.30. The van der Waals surface area contributed by atoms with Crippen molar-refractivity contribution in [3.8, 4) is 11.5 Å². The number of fused-ring (bicyclic) bond motifs is 3. The van der Waals surface area contributed by atoms with E-state index in [2.05, 4.69) is 17.2 Å². The Kier molecular flexibility index (Phi) is 5.33. The Hall–Kier alpha value is -3.49. The fourth-order valence-electron chi connectivity index (χ4n) is 6.12. The van der Waals surface area contributed by atoms with E-state index in [1.54, 1.807) is 19.4 Å². The number of nitrogens with zero attached hydrogens (tertiary/aromatic N) is 3. The van der Waals surface area contributed by atoms with Crippen LogP contribution in [-0.4, -0.2) is 28.1 Å². The first-order valence-corrected chi connectivity index (χ1v) is 12.5. The zero-order valence-corrected chi connectivity index (χ0v) is 21.2. The largest absolute Gasteiger partial charge is 0.493 e. The zero-order valence-electron chi connectivity index (χ0n) is 21.2. The van der Waals surface area contributed by atoms with Crippen molar-refractivity contribution in [1.29, 1.82) is 0 Å². The Morgan fingerprint density at radius 1 is 1.22 bits per heavy atom. The van der Waals surface area contributed by atoms with Crippen LogP contribution in [0.1, 0.15) is 49.4 Å². The number of anilines is 1. The fraction of sp³-hybridized carbons (Fsp3) is 0.429.